The number of halogens is 3. The molecule has 2 heterocycles. The van der Waals surface area contributed by atoms with Crippen LogP contribution >= 0.6 is 24.0 Å². The van der Waals surface area contributed by atoms with Crippen LogP contribution in [0.2, 0.25) is 0 Å². The van der Waals surface area contributed by atoms with Crippen molar-refractivity contribution in [1.29, 1.82) is 0 Å². The molecule has 0 bridgehead atoms. The van der Waals surface area contributed by atoms with E-state index in [1.165, 1.54) is 0 Å². The number of rotatable bonds is 5. The van der Waals surface area contributed by atoms with Crippen LogP contribution < -0.4 is 10.6 Å². The zero-order valence-electron chi connectivity index (χ0n) is 16.0. The summed E-state index contributed by atoms with van der Waals surface area (Å²) in [6.45, 7) is 9.43. The van der Waals surface area contributed by atoms with Gasteiger partial charge < -0.3 is 15.4 Å². The van der Waals surface area contributed by atoms with E-state index in [0.29, 0.717) is 24.1 Å². The zero-order chi connectivity index (χ0) is 18.0. The van der Waals surface area contributed by atoms with Crippen molar-refractivity contribution in [2.75, 3.05) is 32.8 Å². The quantitative estimate of drug-likeness (QED) is 0.357. The van der Waals surface area contributed by atoms with Crippen LogP contribution in [0, 0.1) is 11.3 Å². The van der Waals surface area contributed by atoms with Gasteiger partial charge in [-0.1, -0.05) is 13.8 Å². The maximum atomic E-state index is 12.5. The van der Waals surface area contributed by atoms with Crippen molar-refractivity contribution in [1.82, 2.24) is 15.5 Å². The molecule has 2 saturated heterocycles. The molecule has 1 saturated carbocycles. The molecule has 3 unspecified atom stereocenters. The number of guanidine groups is 1. The second-order valence-electron chi connectivity index (χ2n) is 8.12. The van der Waals surface area contributed by atoms with Crippen LogP contribution in [-0.2, 0) is 4.74 Å². The molecule has 0 aromatic carbocycles. The number of nitrogens with zero attached hydrogens (tertiary/aromatic N) is 2. The van der Waals surface area contributed by atoms with E-state index < -0.39 is 6.43 Å². The first-order chi connectivity index (χ1) is 11.9. The number of hydrogen-bond donors (Lipinski definition) is 2. The Morgan fingerprint density at radius 1 is 1.23 bits per heavy atom. The fourth-order valence-corrected chi connectivity index (χ4v) is 4.70. The predicted octanol–water partition coefficient (Wildman–Crippen LogP) is 2.70. The Bertz CT molecular complexity index is 484. The molecule has 1 aliphatic carbocycles. The van der Waals surface area contributed by atoms with E-state index in [9.17, 15) is 8.78 Å². The average molecular weight is 486 g/mol. The smallest absolute Gasteiger partial charge is 0.251 e. The van der Waals surface area contributed by atoms with Crippen molar-refractivity contribution in [3.05, 3.63) is 0 Å². The summed E-state index contributed by atoms with van der Waals surface area (Å²) in [6, 6.07) is 0.669. The largest absolute Gasteiger partial charge is 0.377 e. The molecule has 3 rings (SSSR count). The third-order valence-corrected chi connectivity index (χ3v) is 6.03. The highest BCUT2D eigenvalue weighted by Gasteiger charge is 2.59. The van der Waals surface area contributed by atoms with E-state index in [2.05, 4.69) is 29.5 Å². The summed E-state index contributed by atoms with van der Waals surface area (Å²) >= 11 is 0. The van der Waals surface area contributed by atoms with Gasteiger partial charge in [-0.05, 0) is 26.2 Å². The Morgan fingerprint density at radius 3 is 2.54 bits per heavy atom. The fourth-order valence-electron chi connectivity index (χ4n) is 4.70. The van der Waals surface area contributed by atoms with E-state index in [0.717, 1.165) is 51.5 Å². The molecule has 3 aliphatic rings. The van der Waals surface area contributed by atoms with Crippen molar-refractivity contribution >= 4 is 29.9 Å². The SMILES string of the molecule is CCN=C(NC1CCN(CC(F)F)CC1)NC1C2CCOC2C1(C)C.I. The number of aliphatic imine (C=N–C) groups is 1. The highest BCUT2D eigenvalue weighted by Crippen LogP contribution is 2.52. The molecule has 152 valence electrons. The number of ether oxygens (including phenoxy) is 1. The lowest BCUT2D eigenvalue weighted by Crippen LogP contribution is -2.68. The Labute approximate surface area is 172 Å². The van der Waals surface area contributed by atoms with Gasteiger partial charge in [0.25, 0.3) is 6.43 Å². The average Bonchev–Trinajstić information content (AvgIpc) is 3.01. The summed E-state index contributed by atoms with van der Waals surface area (Å²) in [4.78, 5) is 6.46. The number of likely N-dealkylation sites (tertiary alicyclic amines) is 1. The van der Waals surface area contributed by atoms with Crippen LogP contribution in [-0.4, -0.2) is 68.3 Å². The summed E-state index contributed by atoms with van der Waals surface area (Å²) < 4.78 is 30.9. The van der Waals surface area contributed by atoms with Crippen molar-refractivity contribution < 1.29 is 13.5 Å². The van der Waals surface area contributed by atoms with Gasteiger partial charge in [0.1, 0.15) is 0 Å². The standard InChI is InChI=1S/C18H32F2N4O.HI/c1-4-21-17(22-12-5-8-24(9-6-12)11-14(19)20)23-15-13-7-10-25-16(13)18(15,2)3;/h12-16H,4-11H2,1-3H3,(H2,21,22,23);1H. The molecule has 3 fully saturated rings. The monoisotopic (exact) mass is 486 g/mol. The zero-order valence-corrected chi connectivity index (χ0v) is 18.3. The summed E-state index contributed by atoms with van der Waals surface area (Å²) in [5.41, 5.74) is 0.109. The number of piperidine rings is 1. The summed E-state index contributed by atoms with van der Waals surface area (Å²) in [5, 5.41) is 7.16. The molecule has 0 spiro atoms. The fraction of sp³-hybridized carbons (Fsp3) is 0.944. The first-order valence-corrected chi connectivity index (χ1v) is 9.61. The molecular formula is C18H33F2IN4O. The van der Waals surface area contributed by atoms with Crippen molar-refractivity contribution in [2.45, 2.75) is 64.6 Å². The minimum Gasteiger partial charge on any atom is -0.377 e. The predicted molar refractivity (Wildman–Crippen MR) is 111 cm³/mol. The number of hydrogen-bond acceptors (Lipinski definition) is 3. The third-order valence-electron chi connectivity index (χ3n) is 6.03. The van der Waals surface area contributed by atoms with Gasteiger partial charge in [0, 0.05) is 49.7 Å². The van der Waals surface area contributed by atoms with Gasteiger partial charge in [0.15, 0.2) is 5.96 Å². The van der Waals surface area contributed by atoms with Gasteiger partial charge in [-0.25, -0.2) is 8.78 Å². The minimum absolute atomic E-state index is 0. The van der Waals surface area contributed by atoms with E-state index in [1.807, 2.05) is 11.8 Å². The van der Waals surface area contributed by atoms with E-state index >= 15 is 0 Å². The lowest BCUT2D eigenvalue weighted by molar-refractivity contribution is -0.106. The number of alkyl halides is 2. The topological polar surface area (TPSA) is 48.9 Å². The van der Waals surface area contributed by atoms with Crippen molar-refractivity contribution in [3.8, 4) is 0 Å². The number of fused-ring (bicyclic) bond motifs is 1. The van der Waals surface area contributed by atoms with Crippen molar-refractivity contribution in [3.63, 3.8) is 0 Å². The molecule has 0 aromatic rings. The molecule has 3 atom stereocenters. The second kappa shape index (κ2) is 9.32. The van der Waals surface area contributed by atoms with Gasteiger partial charge in [-0.15, -0.1) is 24.0 Å². The first-order valence-electron chi connectivity index (χ1n) is 9.61. The molecule has 0 radical (unpaired) electrons. The molecule has 8 heteroatoms. The normalized spacial score (nSPS) is 31.9. The molecule has 26 heavy (non-hydrogen) atoms. The van der Waals surface area contributed by atoms with Crippen LogP contribution in [0.15, 0.2) is 4.99 Å². The van der Waals surface area contributed by atoms with Gasteiger partial charge >= 0.3 is 0 Å². The maximum absolute atomic E-state index is 12.5. The second-order valence-corrected chi connectivity index (χ2v) is 8.12. The molecular weight excluding hydrogens is 453 g/mol. The van der Waals surface area contributed by atoms with Crippen LogP contribution in [0.5, 0.6) is 0 Å². The van der Waals surface area contributed by atoms with Crippen LogP contribution in [0.4, 0.5) is 8.78 Å². The maximum Gasteiger partial charge on any atom is 0.251 e. The first kappa shape index (κ1) is 22.1. The van der Waals surface area contributed by atoms with Crippen LogP contribution in [0.1, 0.15) is 40.0 Å². The van der Waals surface area contributed by atoms with Crippen LogP contribution in [0.25, 0.3) is 0 Å². The molecule has 0 aromatic heterocycles. The Balaban J connectivity index is 0.00000243. The molecule has 5 nitrogen and oxygen atoms in total. The van der Waals surface area contributed by atoms with E-state index in [-0.39, 0.29) is 35.9 Å². The summed E-state index contributed by atoms with van der Waals surface area (Å²) in [7, 11) is 0. The van der Waals surface area contributed by atoms with Gasteiger partial charge in [-0.2, -0.15) is 0 Å². The Hall–Kier alpha value is -0.220. The summed E-state index contributed by atoms with van der Waals surface area (Å²) in [6.07, 6.45) is 0.967. The number of nitrogens with one attached hydrogen (secondary N) is 2. The highest BCUT2D eigenvalue weighted by atomic mass is 127. The van der Waals surface area contributed by atoms with Gasteiger partial charge in [0.05, 0.1) is 12.6 Å². The van der Waals surface area contributed by atoms with E-state index in [1.54, 1.807) is 0 Å². The van der Waals surface area contributed by atoms with Crippen molar-refractivity contribution in [2.24, 2.45) is 16.3 Å². The molecule has 2 N–H and O–H groups in total. The Kier molecular flexibility index (Phi) is 7.91. The van der Waals surface area contributed by atoms with Gasteiger partial charge in [-0.3, -0.25) is 9.89 Å². The van der Waals surface area contributed by atoms with Gasteiger partial charge in [0.2, 0.25) is 0 Å². The minimum atomic E-state index is -2.24. The Morgan fingerprint density at radius 2 is 1.92 bits per heavy atom. The lowest BCUT2D eigenvalue weighted by atomic mass is 9.57. The third kappa shape index (κ3) is 4.79. The summed E-state index contributed by atoms with van der Waals surface area (Å²) in [5.74, 6) is 1.42. The molecule has 2 aliphatic heterocycles. The van der Waals surface area contributed by atoms with Crippen LogP contribution in [0.3, 0.4) is 0 Å². The highest BCUT2D eigenvalue weighted by molar-refractivity contribution is 14.0. The molecule has 0 amide bonds. The lowest BCUT2D eigenvalue weighted by Gasteiger charge is -2.55. The van der Waals surface area contributed by atoms with E-state index in [4.69, 9.17) is 4.74 Å².